The van der Waals surface area contributed by atoms with Crippen molar-refractivity contribution in [3.63, 3.8) is 0 Å². The van der Waals surface area contributed by atoms with E-state index >= 15 is 0 Å². The highest BCUT2D eigenvalue weighted by atomic mass is 16.4. The SMILES string of the molecule is CC(C(=O)NC(C)(C)C)n1cc(C(=O)O)cn1. The fourth-order valence-corrected chi connectivity index (χ4v) is 1.25. The Labute approximate surface area is 99.6 Å². The molecule has 6 nitrogen and oxygen atoms in total. The molecule has 1 aromatic rings. The van der Waals surface area contributed by atoms with Gasteiger partial charge in [-0.1, -0.05) is 0 Å². The van der Waals surface area contributed by atoms with E-state index in [-0.39, 0.29) is 17.0 Å². The zero-order chi connectivity index (χ0) is 13.2. The molecule has 1 amide bonds. The van der Waals surface area contributed by atoms with Crippen LogP contribution < -0.4 is 5.32 Å². The van der Waals surface area contributed by atoms with Gasteiger partial charge in [-0.2, -0.15) is 5.10 Å². The Kier molecular flexibility index (Phi) is 3.55. The fourth-order valence-electron chi connectivity index (χ4n) is 1.25. The second-order valence-corrected chi connectivity index (χ2v) is 4.93. The molecular formula is C11H17N3O3. The number of hydrogen-bond acceptors (Lipinski definition) is 3. The quantitative estimate of drug-likeness (QED) is 0.826. The lowest BCUT2D eigenvalue weighted by Gasteiger charge is -2.23. The third-order valence-corrected chi connectivity index (χ3v) is 2.12. The van der Waals surface area contributed by atoms with Crippen molar-refractivity contribution in [1.82, 2.24) is 15.1 Å². The topological polar surface area (TPSA) is 84.2 Å². The summed E-state index contributed by atoms with van der Waals surface area (Å²) in [5.41, 5.74) is -0.255. The van der Waals surface area contributed by atoms with Crippen molar-refractivity contribution in [2.24, 2.45) is 0 Å². The number of nitrogens with zero attached hydrogens (tertiary/aromatic N) is 2. The maximum Gasteiger partial charge on any atom is 0.338 e. The summed E-state index contributed by atoms with van der Waals surface area (Å²) >= 11 is 0. The number of aromatic nitrogens is 2. The Bertz CT molecular complexity index is 431. The van der Waals surface area contributed by atoms with E-state index in [0.717, 1.165) is 0 Å². The molecule has 0 bridgehead atoms. The fraction of sp³-hybridized carbons (Fsp3) is 0.545. The van der Waals surface area contributed by atoms with Crippen molar-refractivity contribution in [1.29, 1.82) is 0 Å². The van der Waals surface area contributed by atoms with Gasteiger partial charge in [0.15, 0.2) is 0 Å². The molecular weight excluding hydrogens is 222 g/mol. The monoisotopic (exact) mass is 239 g/mol. The van der Waals surface area contributed by atoms with Crippen LogP contribution in [-0.2, 0) is 4.79 Å². The van der Waals surface area contributed by atoms with Crippen LogP contribution in [0.5, 0.6) is 0 Å². The summed E-state index contributed by atoms with van der Waals surface area (Å²) in [6.45, 7) is 7.30. The van der Waals surface area contributed by atoms with Crippen molar-refractivity contribution in [2.45, 2.75) is 39.3 Å². The second-order valence-electron chi connectivity index (χ2n) is 4.93. The van der Waals surface area contributed by atoms with Crippen molar-refractivity contribution >= 4 is 11.9 Å². The minimum Gasteiger partial charge on any atom is -0.478 e. The molecule has 17 heavy (non-hydrogen) atoms. The number of aromatic carboxylic acids is 1. The Morgan fingerprint density at radius 1 is 1.47 bits per heavy atom. The molecule has 1 atom stereocenters. The normalized spacial score (nSPS) is 13.2. The van der Waals surface area contributed by atoms with Crippen LogP contribution in [0.3, 0.4) is 0 Å². The van der Waals surface area contributed by atoms with E-state index < -0.39 is 12.0 Å². The first-order valence-electron chi connectivity index (χ1n) is 5.30. The Morgan fingerprint density at radius 3 is 2.47 bits per heavy atom. The molecule has 0 spiro atoms. The molecule has 2 N–H and O–H groups in total. The first kappa shape index (κ1) is 13.2. The lowest BCUT2D eigenvalue weighted by molar-refractivity contribution is -0.125. The third-order valence-electron chi connectivity index (χ3n) is 2.12. The minimum absolute atomic E-state index is 0.0698. The van der Waals surface area contributed by atoms with Crippen LogP contribution in [0.25, 0.3) is 0 Å². The van der Waals surface area contributed by atoms with Crippen molar-refractivity contribution in [2.75, 3.05) is 0 Å². The summed E-state index contributed by atoms with van der Waals surface area (Å²) in [4.78, 5) is 22.5. The van der Waals surface area contributed by atoms with Crippen molar-refractivity contribution in [3.8, 4) is 0 Å². The molecule has 6 heteroatoms. The maximum absolute atomic E-state index is 11.8. The minimum atomic E-state index is -1.06. The lowest BCUT2D eigenvalue weighted by atomic mass is 10.1. The summed E-state index contributed by atoms with van der Waals surface area (Å²) in [5, 5.41) is 15.4. The van der Waals surface area contributed by atoms with E-state index in [9.17, 15) is 9.59 Å². The highest BCUT2D eigenvalue weighted by Crippen LogP contribution is 2.09. The van der Waals surface area contributed by atoms with E-state index in [2.05, 4.69) is 10.4 Å². The number of carboxylic acid groups (broad SMARTS) is 1. The van der Waals surface area contributed by atoms with Gasteiger partial charge in [0.25, 0.3) is 0 Å². The van der Waals surface area contributed by atoms with Gasteiger partial charge in [-0.25, -0.2) is 4.79 Å². The van der Waals surface area contributed by atoms with Gasteiger partial charge in [0.2, 0.25) is 5.91 Å². The van der Waals surface area contributed by atoms with E-state index in [4.69, 9.17) is 5.11 Å². The molecule has 0 aliphatic carbocycles. The molecule has 0 saturated heterocycles. The van der Waals surface area contributed by atoms with Gasteiger partial charge in [-0.05, 0) is 27.7 Å². The number of carboxylic acids is 1. The summed E-state index contributed by atoms with van der Waals surface area (Å²) in [6.07, 6.45) is 2.57. The Balaban J connectivity index is 2.78. The zero-order valence-electron chi connectivity index (χ0n) is 10.4. The predicted octanol–water partition coefficient (Wildman–Crippen LogP) is 1.06. The van der Waals surface area contributed by atoms with Gasteiger partial charge >= 0.3 is 5.97 Å². The van der Waals surface area contributed by atoms with E-state index in [1.807, 2.05) is 20.8 Å². The van der Waals surface area contributed by atoms with Gasteiger partial charge in [-0.3, -0.25) is 9.48 Å². The number of rotatable bonds is 3. The molecule has 1 heterocycles. The smallest absolute Gasteiger partial charge is 0.338 e. The molecule has 0 aromatic carbocycles. The largest absolute Gasteiger partial charge is 0.478 e. The standard InChI is InChI=1S/C11H17N3O3/c1-7(9(15)13-11(2,3)4)14-6-8(5-12-14)10(16)17/h5-7H,1-4H3,(H,13,15)(H,16,17). The van der Waals surface area contributed by atoms with Gasteiger partial charge in [0.05, 0.1) is 11.8 Å². The molecule has 94 valence electrons. The van der Waals surface area contributed by atoms with Crippen LogP contribution in [0, 0.1) is 0 Å². The highest BCUT2D eigenvalue weighted by molar-refractivity contribution is 5.87. The number of amides is 1. The van der Waals surface area contributed by atoms with Crippen LogP contribution in [0.4, 0.5) is 0 Å². The van der Waals surface area contributed by atoms with E-state index in [1.165, 1.54) is 17.1 Å². The Morgan fingerprint density at radius 2 is 2.06 bits per heavy atom. The molecule has 1 rings (SSSR count). The van der Waals surface area contributed by atoms with Crippen LogP contribution >= 0.6 is 0 Å². The van der Waals surface area contributed by atoms with Gasteiger partial charge in [0, 0.05) is 11.7 Å². The number of carbonyl (C=O) groups excluding carboxylic acids is 1. The molecule has 0 fully saturated rings. The lowest BCUT2D eigenvalue weighted by Crippen LogP contribution is -2.43. The van der Waals surface area contributed by atoms with Crippen molar-refractivity contribution in [3.05, 3.63) is 18.0 Å². The van der Waals surface area contributed by atoms with Crippen molar-refractivity contribution < 1.29 is 14.7 Å². The Hall–Kier alpha value is -1.85. The maximum atomic E-state index is 11.8. The first-order valence-corrected chi connectivity index (χ1v) is 5.30. The van der Waals surface area contributed by atoms with Crippen LogP contribution in [0.15, 0.2) is 12.4 Å². The molecule has 1 unspecified atom stereocenters. The second kappa shape index (κ2) is 4.57. The molecule has 0 aliphatic rings. The summed E-state index contributed by atoms with van der Waals surface area (Å²) in [6, 6.07) is -0.540. The first-order chi connectivity index (χ1) is 7.70. The summed E-state index contributed by atoms with van der Waals surface area (Å²) in [5.74, 6) is -1.25. The van der Waals surface area contributed by atoms with E-state index in [1.54, 1.807) is 6.92 Å². The average molecular weight is 239 g/mol. The van der Waals surface area contributed by atoms with Gasteiger partial charge < -0.3 is 10.4 Å². The van der Waals surface area contributed by atoms with E-state index in [0.29, 0.717) is 0 Å². The molecule has 0 radical (unpaired) electrons. The average Bonchev–Trinajstić information content (AvgIpc) is 2.62. The summed E-state index contributed by atoms with van der Waals surface area (Å²) in [7, 11) is 0. The van der Waals surface area contributed by atoms with Crippen LogP contribution in [0.2, 0.25) is 0 Å². The highest BCUT2D eigenvalue weighted by Gasteiger charge is 2.21. The number of carbonyl (C=O) groups is 2. The number of hydrogen-bond donors (Lipinski definition) is 2. The van der Waals surface area contributed by atoms with Gasteiger partial charge in [0.1, 0.15) is 6.04 Å². The molecule has 0 aliphatic heterocycles. The van der Waals surface area contributed by atoms with Gasteiger partial charge in [-0.15, -0.1) is 0 Å². The summed E-state index contributed by atoms with van der Waals surface area (Å²) < 4.78 is 1.34. The third kappa shape index (κ3) is 3.58. The van der Waals surface area contributed by atoms with Crippen LogP contribution in [-0.4, -0.2) is 32.3 Å². The number of nitrogens with one attached hydrogen (secondary N) is 1. The molecule has 0 saturated carbocycles. The zero-order valence-corrected chi connectivity index (χ0v) is 10.4. The van der Waals surface area contributed by atoms with Crippen LogP contribution in [0.1, 0.15) is 44.1 Å². The molecule has 1 aromatic heterocycles. The predicted molar refractivity (Wildman–Crippen MR) is 61.8 cm³/mol.